The van der Waals surface area contributed by atoms with Crippen LogP contribution in [0.25, 0.3) is 0 Å². The minimum atomic E-state index is -1.29. The maximum atomic E-state index is 14.9. The predicted octanol–water partition coefficient (Wildman–Crippen LogP) is 3.01. The molecule has 1 unspecified atom stereocenters. The first-order valence-electron chi connectivity index (χ1n) is 8.60. The molecule has 0 fully saturated rings. The van der Waals surface area contributed by atoms with Crippen molar-refractivity contribution in [1.29, 1.82) is 5.26 Å². The summed E-state index contributed by atoms with van der Waals surface area (Å²) in [4.78, 5) is 4.19. The Morgan fingerprint density at radius 3 is 2.78 bits per heavy atom. The second-order valence-electron chi connectivity index (χ2n) is 7.26. The van der Waals surface area contributed by atoms with E-state index in [0.717, 1.165) is 11.1 Å². The monoisotopic (exact) mass is 361 g/mol. The summed E-state index contributed by atoms with van der Waals surface area (Å²) in [5, 5.41) is 20.8. The number of hydrogen-bond acceptors (Lipinski definition) is 4. The van der Waals surface area contributed by atoms with Gasteiger partial charge in [0.15, 0.2) is 0 Å². The Morgan fingerprint density at radius 2 is 2.07 bits per heavy atom. The molecule has 1 N–H and O–H groups in total. The molecular formula is C21H16FN3O2. The Balaban J connectivity index is 1.78. The SMILES string of the molecule is COc1ccc2c(c1)[C@]1(O)c3cncn3[C@@H](c3ccc(C#N)cc3F)C21C. The summed E-state index contributed by atoms with van der Waals surface area (Å²) in [7, 11) is 1.58. The first-order chi connectivity index (χ1) is 13.0. The molecular weight excluding hydrogens is 345 g/mol. The van der Waals surface area contributed by atoms with Crippen LogP contribution >= 0.6 is 0 Å². The molecule has 0 spiro atoms. The zero-order valence-electron chi connectivity index (χ0n) is 14.8. The van der Waals surface area contributed by atoms with Gasteiger partial charge in [-0.25, -0.2) is 9.37 Å². The van der Waals surface area contributed by atoms with Gasteiger partial charge in [0.1, 0.15) is 17.2 Å². The summed E-state index contributed by atoms with van der Waals surface area (Å²) in [5.41, 5.74) is 0.957. The summed E-state index contributed by atoms with van der Waals surface area (Å²) >= 11 is 0. The number of aromatic nitrogens is 2. The van der Waals surface area contributed by atoms with E-state index in [9.17, 15) is 9.50 Å². The molecule has 0 radical (unpaired) electrons. The smallest absolute Gasteiger partial charge is 0.143 e. The summed E-state index contributed by atoms with van der Waals surface area (Å²) in [5.74, 6) is 0.189. The van der Waals surface area contributed by atoms with Gasteiger partial charge >= 0.3 is 0 Å². The Morgan fingerprint density at radius 1 is 1.26 bits per heavy atom. The van der Waals surface area contributed by atoms with Crippen molar-refractivity contribution in [2.75, 3.05) is 7.11 Å². The topological polar surface area (TPSA) is 71.1 Å². The number of ether oxygens (including phenoxy) is 1. The molecule has 0 saturated carbocycles. The van der Waals surface area contributed by atoms with Gasteiger partial charge in [0.05, 0.1) is 48.4 Å². The van der Waals surface area contributed by atoms with E-state index in [4.69, 9.17) is 10.00 Å². The number of nitriles is 1. The van der Waals surface area contributed by atoms with Crippen LogP contribution in [0.5, 0.6) is 5.75 Å². The third-order valence-corrected chi connectivity index (χ3v) is 6.21. The fourth-order valence-electron chi connectivity index (χ4n) is 4.91. The van der Waals surface area contributed by atoms with E-state index >= 15 is 0 Å². The van der Waals surface area contributed by atoms with Crippen molar-refractivity contribution in [2.45, 2.75) is 24.0 Å². The van der Waals surface area contributed by atoms with Gasteiger partial charge in [-0.05, 0) is 42.3 Å². The van der Waals surface area contributed by atoms with Crippen LogP contribution in [0, 0.1) is 17.1 Å². The molecule has 134 valence electrons. The highest BCUT2D eigenvalue weighted by molar-refractivity contribution is 5.64. The number of fused-ring (bicyclic) bond motifs is 6. The molecule has 1 aliphatic heterocycles. The summed E-state index contributed by atoms with van der Waals surface area (Å²) in [6, 6.07) is 11.5. The van der Waals surface area contributed by atoms with Crippen molar-refractivity contribution < 1.29 is 14.2 Å². The number of rotatable bonds is 2. The predicted molar refractivity (Wildman–Crippen MR) is 94.8 cm³/mol. The van der Waals surface area contributed by atoms with Gasteiger partial charge in [-0.3, -0.25) is 0 Å². The van der Waals surface area contributed by atoms with Crippen LogP contribution < -0.4 is 4.74 Å². The lowest BCUT2D eigenvalue weighted by atomic mass is 9.51. The van der Waals surface area contributed by atoms with Crippen LogP contribution in [0.3, 0.4) is 0 Å². The molecule has 0 amide bonds. The maximum Gasteiger partial charge on any atom is 0.143 e. The van der Waals surface area contributed by atoms with E-state index in [0.29, 0.717) is 17.0 Å². The Kier molecular flexibility index (Phi) is 2.95. The standard InChI is InChI=1S/C21H16FN3O2/c1-20-15-6-4-13(27-2)8-16(15)21(20,26)18-10-24-11-25(18)19(20)14-5-3-12(9-23)7-17(14)22/h3-8,10-11,19,26H,1-2H3/t19-,20?,21-/m0/s1. The average Bonchev–Trinajstić information content (AvgIpc) is 3.21. The zero-order chi connectivity index (χ0) is 19.0. The van der Waals surface area contributed by atoms with Gasteiger partial charge in [0.25, 0.3) is 0 Å². The van der Waals surface area contributed by atoms with E-state index in [1.807, 2.05) is 35.8 Å². The van der Waals surface area contributed by atoms with Gasteiger partial charge < -0.3 is 14.4 Å². The average molecular weight is 361 g/mol. The Bertz CT molecular complexity index is 1150. The van der Waals surface area contributed by atoms with Gasteiger partial charge in [-0.1, -0.05) is 12.1 Å². The minimum Gasteiger partial charge on any atom is -0.497 e. The molecule has 1 aliphatic carbocycles. The summed E-state index contributed by atoms with van der Waals surface area (Å²) in [6.45, 7) is 1.94. The molecule has 27 heavy (non-hydrogen) atoms. The van der Waals surface area contributed by atoms with Crippen molar-refractivity contribution in [3.05, 3.63) is 82.7 Å². The van der Waals surface area contributed by atoms with E-state index in [1.54, 1.807) is 31.8 Å². The second kappa shape index (κ2) is 4.96. The molecule has 5 rings (SSSR count). The first-order valence-corrected chi connectivity index (χ1v) is 8.60. The molecule has 3 aromatic rings. The number of methoxy groups -OCH3 is 1. The summed E-state index contributed by atoms with van der Waals surface area (Å²) in [6.07, 6.45) is 3.25. The molecule has 2 heterocycles. The number of halogens is 1. The van der Waals surface area contributed by atoms with Gasteiger partial charge in [0.2, 0.25) is 0 Å². The van der Waals surface area contributed by atoms with Crippen LogP contribution in [0.2, 0.25) is 0 Å². The fourth-order valence-corrected chi connectivity index (χ4v) is 4.91. The van der Waals surface area contributed by atoms with Crippen molar-refractivity contribution >= 4 is 0 Å². The number of imidazole rings is 1. The van der Waals surface area contributed by atoms with Crippen molar-refractivity contribution in [3.8, 4) is 11.8 Å². The third-order valence-electron chi connectivity index (χ3n) is 6.21. The lowest BCUT2D eigenvalue weighted by molar-refractivity contribution is -0.0271. The van der Waals surface area contributed by atoms with Crippen LogP contribution in [0.4, 0.5) is 4.39 Å². The molecule has 5 nitrogen and oxygen atoms in total. The largest absolute Gasteiger partial charge is 0.497 e. The highest BCUT2D eigenvalue weighted by Crippen LogP contribution is 2.68. The van der Waals surface area contributed by atoms with Crippen molar-refractivity contribution in [2.24, 2.45) is 0 Å². The van der Waals surface area contributed by atoms with Crippen LogP contribution in [0.1, 0.15) is 40.9 Å². The van der Waals surface area contributed by atoms with Crippen LogP contribution in [-0.2, 0) is 11.0 Å². The molecule has 0 bridgehead atoms. The first kappa shape index (κ1) is 16.0. The zero-order valence-corrected chi connectivity index (χ0v) is 14.8. The molecule has 1 aromatic heterocycles. The summed E-state index contributed by atoms with van der Waals surface area (Å²) < 4.78 is 22.1. The van der Waals surface area contributed by atoms with Gasteiger partial charge in [-0.15, -0.1) is 0 Å². The van der Waals surface area contributed by atoms with Crippen LogP contribution in [0.15, 0.2) is 48.9 Å². The van der Waals surface area contributed by atoms with E-state index in [2.05, 4.69) is 4.98 Å². The number of hydrogen-bond donors (Lipinski definition) is 1. The highest BCUT2D eigenvalue weighted by atomic mass is 19.1. The van der Waals surface area contributed by atoms with E-state index < -0.39 is 22.9 Å². The quantitative estimate of drug-likeness (QED) is 0.762. The van der Waals surface area contributed by atoms with Crippen molar-refractivity contribution in [3.63, 3.8) is 0 Å². The van der Waals surface area contributed by atoms with E-state index in [1.165, 1.54) is 6.07 Å². The molecule has 3 atom stereocenters. The Hall–Kier alpha value is -3.17. The highest BCUT2D eigenvalue weighted by Gasteiger charge is 2.70. The maximum absolute atomic E-state index is 14.9. The third kappa shape index (κ3) is 1.64. The van der Waals surface area contributed by atoms with Crippen LogP contribution in [-0.4, -0.2) is 21.8 Å². The number of nitrogens with zero attached hydrogens (tertiary/aromatic N) is 3. The van der Waals surface area contributed by atoms with Gasteiger partial charge in [0, 0.05) is 5.56 Å². The van der Waals surface area contributed by atoms with Gasteiger partial charge in [-0.2, -0.15) is 5.26 Å². The molecule has 0 saturated heterocycles. The van der Waals surface area contributed by atoms with Crippen molar-refractivity contribution in [1.82, 2.24) is 9.55 Å². The lowest BCUT2D eigenvalue weighted by Gasteiger charge is -2.53. The molecule has 6 heteroatoms. The second-order valence-corrected chi connectivity index (χ2v) is 7.26. The Labute approximate surface area is 155 Å². The molecule has 2 aliphatic rings. The van der Waals surface area contributed by atoms with E-state index in [-0.39, 0.29) is 5.56 Å². The molecule has 2 aromatic carbocycles. The number of benzene rings is 2. The number of aliphatic hydroxyl groups is 1. The normalized spacial score (nSPS) is 27.1. The minimum absolute atomic E-state index is 0.263. The lowest BCUT2D eigenvalue weighted by Crippen LogP contribution is -2.56. The fraction of sp³-hybridized carbons (Fsp3) is 0.238.